The van der Waals surface area contributed by atoms with Crippen molar-refractivity contribution in [2.75, 3.05) is 0 Å². The number of carbonyl (C=O) groups is 1. The molecule has 0 saturated carbocycles. The van der Waals surface area contributed by atoms with Crippen LogP contribution in [0.1, 0.15) is 10.5 Å². The Bertz CT molecular complexity index is 696. The topological polar surface area (TPSA) is 70.9 Å². The molecule has 2 heterocycles. The van der Waals surface area contributed by atoms with Gasteiger partial charge < -0.3 is 14.7 Å². The van der Waals surface area contributed by atoms with Crippen molar-refractivity contribution in [3.8, 4) is 5.69 Å². The lowest BCUT2D eigenvalue weighted by molar-refractivity contribution is 0.0691. The number of fused-ring (bicyclic) bond motifs is 1. The average molecular weight is 227 g/mol. The van der Waals surface area contributed by atoms with E-state index in [4.69, 9.17) is 5.11 Å². The van der Waals surface area contributed by atoms with Crippen molar-refractivity contribution >= 4 is 16.9 Å². The van der Waals surface area contributed by atoms with Crippen LogP contribution in [-0.4, -0.2) is 25.6 Å². The molecule has 1 aromatic carbocycles. The van der Waals surface area contributed by atoms with E-state index in [2.05, 4.69) is 9.97 Å². The number of aromatic amines is 1. The SMILES string of the molecule is O=C(O)c1cn(-c2ccc3[nH]ccc3c2)cn1. The zero-order valence-corrected chi connectivity index (χ0v) is 8.79. The van der Waals surface area contributed by atoms with Crippen LogP contribution in [0.5, 0.6) is 0 Å². The van der Waals surface area contributed by atoms with E-state index < -0.39 is 5.97 Å². The summed E-state index contributed by atoms with van der Waals surface area (Å²) in [4.78, 5) is 17.7. The Hall–Kier alpha value is -2.56. The lowest BCUT2D eigenvalue weighted by Gasteiger charge is -2.01. The minimum Gasteiger partial charge on any atom is -0.476 e. The molecule has 2 aromatic heterocycles. The first kappa shape index (κ1) is 9.65. The molecule has 0 aliphatic rings. The highest BCUT2D eigenvalue weighted by atomic mass is 16.4. The lowest BCUT2D eigenvalue weighted by atomic mass is 10.2. The number of hydrogen-bond acceptors (Lipinski definition) is 2. The smallest absolute Gasteiger partial charge is 0.356 e. The molecule has 2 N–H and O–H groups in total. The maximum Gasteiger partial charge on any atom is 0.356 e. The van der Waals surface area contributed by atoms with Crippen molar-refractivity contribution in [2.45, 2.75) is 0 Å². The van der Waals surface area contributed by atoms with Crippen molar-refractivity contribution in [1.29, 1.82) is 0 Å². The van der Waals surface area contributed by atoms with Crippen LogP contribution in [-0.2, 0) is 0 Å². The molecule has 3 aromatic rings. The predicted octanol–water partition coefficient (Wildman–Crippen LogP) is 2.05. The molecule has 0 aliphatic carbocycles. The second-order valence-corrected chi connectivity index (χ2v) is 3.72. The largest absolute Gasteiger partial charge is 0.476 e. The number of rotatable bonds is 2. The van der Waals surface area contributed by atoms with E-state index in [1.54, 1.807) is 4.57 Å². The quantitative estimate of drug-likeness (QED) is 0.703. The molecule has 0 fully saturated rings. The molecule has 0 unspecified atom stereocenters. The molecule has 5 nitrogen and oxygen atoms in total. The number of imidazole rings is 1. The van der Waals surface area contributed by atoms with Gasteiger partial charge in [-0.15, -0.1) is 0 Å². The first-order chi connectivity index (χ1) is 8.24. The molecule has 0 atom stereocenters. The number of benzene rings is 1. The molecule has 0 aliphatic heterocycles. The highest BCUT2D eigenvalue weighted by molar-refractivity contribution is 5.85. The summed E-state index contributed by atoms with van der Waals surface area (Å²) in [6.45, 7) is 0. The van der Waals surface area contributed by atoms with Gasteiger partial charge in [0.05, 0.1) is 0 Å². The number of carboxylic acid groups (broad SMARTS) is 1. The number of H-pyrrole nitrogens is 1. The molecule has 5 heteroatoms. The van der Waals surface area contributed by atoms with Crippen LogP contribution < -0.4 is 0 Å². The summed E-state index contributed by atoms with van der Waals surface area (Å²) in [5.41, 5.74) is 1.98. The van der Waals surface area contributed by atoms with Crippen molar-refractivity contribution in [1.82, 2.24) is 14.5 Å². The maximum absolute atomic E-state index is 10.7. The maximum atomic E-state index is 10.7. The number of nitrogens with one attached hydrogen (secondary N) is 1. The zero-order chi connectivity index (χ0) is 11.8. The first-order valence-electron chi connectivity index (χ1n) is 5.09. The molecule has 3 rings (SSSR count). The second kappa shape index (κ2) is 3.48. The highest BCUT2D eigenvalue weighted by Gasteiger charge is 2.07. The molecular weight excluding hydrogens is 218 g/mol. The molecule has 0 spiro atoms. The molecular formula is C12H9N3O2. The second-order valence-electron chi connectivity index (χ2n) is 3.72. The summed E-state index contributed by atoms with van der Waals surface area (Å²) in [5, 5.41) is 9.88. The minimum atomic E-state index is -1.02. The number of carboxylic acids is 1. The predicted molar refractivity (Wildman–Crippen MR) is 62.4 cm³/mol. The number of nitrogens with zero attached hydrogens (tertiary/aromatic N) is 2. The molecule has 0 radical (unpaired) electrons. The fourth-order valence-corrected chi connectivity index (χ4v) is 1.78. The Morgan fingerprint density at radius 3 is 3.00 bits per heavy atom. The fourth-order valence-electron chi connectivity index (χ4n) is 1.78. The Morgan fingerprint density at radius 2 is 2.24 bits per heavy atom. The zero-order valence-electron chi connectivity index (χ0n) is 8.79. The monoisotopic (exact) mass is 227 g/mol. The van der Waals surface area contributed by atoms with Gasteiger partial charge in [0, 0.05) is 29.0 Å². The van der Waals surface area contributed by atoms with Crippen molar-refractivity contribution < 1.29 is 9.90 Å². The molecule has 0 saturated heterocycles. The Balaban J connectivity index is 2.09. The molecule has 84 valence electrons. The summed E-state index contributed by atoms with van der Waals surface area (Å²) in [6.07, 6.45) is 4.86. The van der Waals surface area contributed by atoms with Crippen LogP contribution in [0.15, 0.2) is 43.0 Å². The van der Waals surface area contributed by atoms with Gasteiger partial charge in [-0.1, -0.05) is 0 Å². The number of hydrogen-bond donors (Lipinski definition) is 2. The molecule has 0 bridgehead atoms. The Morgan fingerprint density at radius 1 is 1.35 bits per heavy atom. The van der Waals surface area contributed by atoms with Gasteiger partial charge in [-0.25, -0.2) is 9.78 Å². The summed E-state index contributed by atoms with van der Waals surface area (Å²) in [5.74, 6) is -1.02. The van der Waals surface area contributed by atoms with E-state index in [1.807, 2.05) is 30.5 Å². The fraction of sp³-hybridized carbons (Fsp3) is 0. The average Bonchev–Trinajstić information content (AvgIpc) is 2.97. The van der Waals surface area contributed by atoms with Gasteiger partial charge in [-0.3, -0.25) is 0 Å². The van der Waals surface area contributed by atoms with Crippen molar-refractivity contribution in [3.05, 3.63) is 48.7 Å². The van der Waals surface area contributed by atoms with E-state index in [-0.39, 0.29) is 5.69 Å². The third-order valence-electron chi connectivity index (χ3n) is 2.64. The summed E-state index contributed by atoms with van der Waals surface area (Å²) < 4.78 is 1.69. The van der Waals surface area contributed by atoms with Crippen molar-refractivity contribution in [3.63, 3.8) is 0 Å². The Labute approximate surface area is 96.3 Å². The number of aromatic nitrogens is 3. The standard InChI is InChI=1S/C12H9N3O2/c16-12(17)11-6-15(7-14-11)9-1-2-10-8(5-9)3-4-13-10/h1-7,13H,(H,16,17). The van der Waals surface area contributed by atoms with E-state index >= 15 is 0 Å². The summed E-state index contributed by atoms with van der Waals surface area (Å²) >= 11 is 0. The lowest BCUT2D eigenvalue weighted by Crippen LogP contribution is -1.95. The van der Waals surface area contributed by atoms with Gasteiger partial charge >= 0.3 is 5.97 Å². The van der Waals surface area contributed by atoms with E-state index in [0.29, 0.717) is 0 Å². The third-order valence-corrected chi connectivity index (χ3v) is 2.64. The van der Waals surface area contributed by atoms with Crippen LogP contribution in [0.4, 0.5) is 0 Å². The van der Waals surface area contributed by atoms with E-state index in [0.717, 1.165) is 16.6 Å². The first-order valence-corrected chi connectivity index (χ1v) is 5.09. The minimum absolute atomic E-state index is 0.0409. The van der Waals surface area contributed by atoms with Crippen LogP contribution >= 0.6 is 0 Å². The van der Waals surface area contributed by atoms with Gasteiger partial charge in [0.15, 0.2) is 5.69 Å². The van der Waals surface area contributed by atoms with Crippen LogP contribution in [0.2, 0.25) is 0 Å². The van der Waals surface area contributed by atoms with Gasteiger partial charge in [0.25, 0.3) is 0 Å². The normalized spacial score (nSPS) is 10.8. The number of aromatic carboxylic acids is 1. The molecule has 17 heavy (non-hydrogen) atoms. The van der Waals surface area contributed by atoms with Gasteiger partial charge in [-0.05, 0) is 24.3 Å². The summed E-state index contributed by atoms with van der Waals surface area (Å²) in [6, 6.07) is 7.80. The summed E-state index contributed by atoms with van der Waals surface area (Å²) in [7, 11) is 0. The Kier molecular flexibility index (Phi) is 1.98. The van der Waals surface area contributed by atoms with Crippen LogP contribution in [0.3, 0.4) is 0 Å². The van der Waals surface area contributed by atoms with Crippen LogP contribution in [0.25, 0.3) is 16.6 Å². The molecule has 0 amide bonds. The highest BCUT2D eigenvalue weighted by Crippen LogP contribution is 2.17. The van der Waals surface area contributed by atoms with E-state index in [1.165, 1.54) is 12.5 Å². The van der Waals surface area contributed by atoms with Gasteiger partial charge in [-0.2, -0.15) is 0 Å². The van der Waals surface area contributed by atoms with Crippen molar-refractivity contribution in [2.24, 2.45) is 0 Å². The van der Waals surface area contributed by atoms with Gasteiger partial charge in [0.2, 0.25) is 0 Å². The van der Waals surface area contributed by atoms with Gasteiger partial charge in [0.1, 0.15) is 6.33 Å². The van der Waals surface area contributed by atoms with Crippen LogP contribution in [0, 0.1) is 0 Å². The van der Waals surface area contributed by atoms with E-state index in [9.17, 15) is 4.79 Å². The third kappa shape index (κ3) is 1.57.